The fourth-order valence-corrected chi connectivity index (χ4v) is 4.44. The van der Waals surface area contributed by atoms with Gasteiger partial charge >= 0.3 is 12.1 Å². The van der Waals surface area contributed by atoms with Gasteiger partial charge in [-0.2, -0.15) is 0 Å². The van der Waals surface area contributed by atoms with Crippen molar-refractivity contribution in [1.29, 1.82) is 0 Å². The van der Waals surface area contributed by atoms with Crippen molar-refractivity contribution < 1.29 is 37.6 Å². The van der Waals surface area contributed by atoms with Crippen LogP contribution in [0.4, 0.5) is 9.59 Å². The Labute approximate surface area is 233 Å². The molecule has 2 aliphatic heterocycles. The Bertz CT molecular complexity index is 1670. The molecule has 8 amide bonds. The van der Waals surface area contributed by atoms with Gasteiger partial charge in [0.05, 0.1) is 0 Å². The van der Waals surface area contributed by atoms with Crippen LogP contribution in [0.1, 0.15) is 16.9 Å². The second-order valence-corrected chi connectivity index (χ2v) is 9.58. The molecule has 208 valence electrons. The number of amides is 8. The van der Waals surface area contributed by atoms with E-state index in [1.54, 1.807) is 42.5 Å². The molecule has 2 aliphatic rings. The van der Waals surface area contributed by atoms with Gasteiger partial charge in [-0.15, -0.1) is 0 Å². The van der Waals surface area contributed by atoms with Gasteiger partial charge in [0.1, 0.15) is 22.7 Å². The maximum atomic E-state index is 12.5. The lowest BCUT2D eigenvalue weighted by Crippen LogP contribution is -2.52. The highest BCUT2D eigenvalue weighted by Crippen LogP contribution is 2.34. The van der Waals surface area contributed by atoms with Crippen LogP contribution in [0.3, 0.4) is 0 Å². The number of likely N-dealkylation sites (N-methyl/N-ethyl adjacent to an activating group) is 4. The molecule has 2 aromatic heterocycles. The highest BCUT2D eigenvalue weighted by Gasteiger charge is 2.39. The minimum atomic E-state index is -0.726. The Balaban J connectivity index is 1.38. The van der Waals surface area contributed by atoms with Crippen LogP contribution in [0.2, 0.25) is 0 Å². The summed E-state index contributed by atoms with van der Waals surface area (Å²) in [6.07, 6.45) is 2.71. The Hall–Kier alpha value is -5.52. The minimum absolute atomic E-state index is 0.121. The zero-order valence-corrected chi connectivity index (χ0v) is 22.8. The van der Waals surface area contributed by atoms with Gasteiger partial charge in [-0.05, 0) is 48.4 Å². The number of carbonyl (C=O) groups is 6. The van der Waals surface area contributed by atoms with Crippen LogP contribution < -0.4 is 0 Å². The number of hydrogen-bond donors (Lipinski definition) is 0. The molecule has 41 heavy (non-hydrogen) atoms. The predicted octanol–water partition coefficient (Wildman–Crippen LogP) is 3.38. The summed E-state index contributed by atoms with van der Waals surface area (Å²) in [5.74, 6) is -1.24. The average molecular weight is 557 g/mol. The molecule has 3 aromatic rings. The van der Waals surface area contributed by atoms with Crippen LogP contribution in [0.5, 0.6) is 0 Å². The molecule has 0 aliphatic carbocycles. The average Bonchev–Trinajstić information content (AvgIpc) is 3.60. The maximum Gasteiger partial charge on any atom is 0.333 e. The fourth-order valence-electron chi connectivity index (χ4n) is 4.44. The first kappa shape index (κ1) is 27.1. The van der Waals surface area contributed by atoms with Gasteiger partial charge in [0.2, 0.25) is 0 Å². The van der Waals surface area contributed by atoms with Gasteiger partial charge in [-0.25, -0.2) is 9.59 Å². The standard InChI is InChI=1S/C29H24N4O8/c1-15-12-22(21-11-10-18(40-21)14-20-26(36)32(4)29(39)33(5)27(20)37)41-23(15)17-8-6-16(7-9-17)13-19-24(34)30(2)28(38)31(3)25(19)35/h6-14H,1-5H3. The quantitative estimate of drug-likeness (QED) is 0.352. The van der Waals surface area contributed by atoms with Crippen molar-refractivity contribution in [3.63, 3.8) is 0 Å². The Morgan fingerprint density at radius 2 is 1.07 bits per heavy atom. The zero-order valence-electron chi connectivity index (χ0n) is 22.8. The van der Waals surface area contributed by atoms with E-state index in [4.69, 9.17) is 8.83 Å². The summed E-state index contributed by atoms with van der Waals surface area (Å²) in [4.78, 5) is 77.2. The molecule has 2 saturated heterocycles. The molecular weight excluding hydrogens is 532 g/mol. The molecular formula is C29H24N4O8. The van der Waals surface area contributed by atoms with E-state index >= 15 is 0 Å². The molecule has 4 heterocycles. The molecule has 5 rings (SSSR count). The van der Waals surface area contributed by atoms with Gasteiger partial charge in [0.25, 0.3) is 23.6 Å². The molecule has 0 unspecified atom stereocenters. The van der Waals surface area contributed by atoms with E-state index in [0.29, 0.717) is 22.8 Å². The molecule has 0 radical (unpaired) electrons. The largest absolute Gasteiger partial charge is 0.453 e. The number of urea groups is 2. The number of carbonyl (C=O) groups excluding carboxylic acids is 6. The number of hydrogen-bond acceptors (Lipinski definition) is 8. The third kappa shape index (κ3) is 4.54. The van der Waals surface area contributed by atoms with Crippen LogP contribution in [0, 0.1) is 6.92 Å². The number of furan rings is 2. The SMILES string of the molecule is Cc1cc(-c2ccc(C=C3C(=O)N(C)C(=O)N(C)C3=O)o2)oc1-c1ccc(C=C2C(=O)N(C)C(=O)N(C)C2=O)cc1. The van der Waals surface area contributed by atoms with E-state index in [0.717, 1.165) is 30.7 Å². The van der Waals surface area contributed by atoms with E-state index < -0.39 is 35.7 Å². The van der Waals surface area contributed by atoms with Crippen molar-refractivity contribution in [2.45, 2.75) is 6.92 Å². The predicted molar refractivity (Wildman–Crippen MR) is 144 cm³/mol. The lowest BCUT2D eigenvalue weighted by Gasteiger charge is -2.28. The Morgan fingerprint density at radius 3 is 1.59 bits per heavy atom. The number of rotatable bonds is 4. The molecule has 12 nitrogen and oxygen atoms in total. The van der Waals surface area contributed by atoms with Crippen molar-refractivity contribution in [3.05, 3.63) is 70.5 Å². The number of benzene rings is 1. The molecule has 2 fully saturated rings. The van der Waals surface area contributed by atoms with Gasteiger partial charge in [0, 0.05) is 33.8 Å². The summed E-state index contributed by atoms with van der Waals surface area (Å²) >= 11 is 0. The first-order valence-electron chi connectivity index (χ1n) is 12.3. The lowest BCUT2D eigenvalue weighted by atomic mass is 10.0. The summed E-state index contributed by atoms with van der Waals surface area (Å²) in [5, 5.41) is 0. The van der Waals surface area contributed by atoms with E-state index in [1.165, 1.54) is 40.3 Å². The summed E-state index contributed by atoms with van der Waals surface area (Å²) in [6, 6.07) is 10.6. The molecule has 0 atom stereocenters. The van der Waals surface area contributed by atoms with Gasteiger partial charge in [-0.3, -0.25) is 38.8 Å². The smallest absolute Gasteiger partial charge is 0.333 e. The van der Waals surface area contributed by atoms with Crippen LogP contribution >= 0.6 is 0 Å². The third-order valence-corrected chi connectivity index (χ3v) is 6.85. The minimum Gasteiger partial charge on any atom is -0.453 e. The summed E-state index contributed by atoms with van der Waals surface area (Å²) in [6.45, 7) is 1.86. The Morgan fingerprint density at radius 1 is 0.585 bits per heavy atom. The van der Waals surface area contributed by atoms with Crippen molar-refractivity contribution in [2.24, 2.45) is 0 Å². The monoisotopic (exact) mass is 556 g/mol. The van der Waals surface area contributed by atoms with Crippen molar-refractivity contribution in [3.8, 4) is 22.8 Å². The second-order valence-electron chi connectivity index (χ2n) is 9.58. The highest BCUT2D eigenvalue weighted by molar-refractivity contribution is 6.31. The molecule has 0 bridgehead atoms. The van der Waals surface area contributed by atoms with Gasteiger partial charge in [-0.1, -0.05) is 24.3 Å². The van der Waals surface area contributed by atoms with Crippen LogP contribution in [0.25, 0.3) is 35.0 Å². The topological polar surface area (TPSA) is 142 Å². The maximum absolute atomic E-state index is 12.5. The van der Waals surface area contributed by atoms with Crippen molar-refractivity contribution >= 4 is 47.8 Å². The molecule has 0 N–H and O–H groups in total. The van der Waals surface area contributed by atoms with Crippen LogP contribution in [-0.4, -0.2) is 83.5 Å². The Kier molecular flexibility index (Phi) is 6.53. The summed E-state index contributed by atoms with van der Waals surface area (Å²) in [5.41, 5.74) is 1.79. The van der Waals surface area contributed by atoms with E-state index in [-0.39, 0.29) is 16.9 Å². The normalized spacial score (nSPS) is 16.4. The van der Waals surface area contributed by atoms with E-state index in [2.05, 4.69) is 0 Å². The molecule has 0 spiro atoms. The van der Waals surface area contributed by atoms with Crippen LogP contribution in [0.15, 0.2) is 62.4 Å². The van der Waals surface area contributed by atoms with E-state index in [9.17, 15) is 28.8 Å². The van der Waals surface area contributed by atoms with Gasteiger partial charge in [0.15, 0.2) is 11.5 Å². The third-order valence-electron chi connectivity index (χ3n) is 6.85. The van der Waals surface area contributed by atoms with Gasteiger partial charge < -0.3 is 8.83 Å². The molecule has 12 heteroatoms. The first-order chi connectivity index (χ1) is 19.4. The summed E-state index contributed by atoms with van der Waals surface area (Å²) in [7, 11) is 5.21. The van der Waals surface area contributed by atoms with E-state index in [1.807, 2.05) is 6.92 Å². The number of imide groups is 4. The molecule has 1 aromatic carbocycles. The molecule has 0 saturated carbocycles. The highest BCUT2D eigenvalue weighted by atomic mass is 16.4. The number of nitrogens with zero attached hydrogens (tertiary/aromatic N) is 4. The van der Waals surface area contributed by atoms with Crippen molar-refractivity contribution in [1.82, 2.24) is 19.6 Å². The van der Waals surface area contributed by atoms with Crippen LogP contribution in [-0.2, 0) is 19.2 Å². The second kappa shape index (κ2) is 9.90. The number of barbiturate groups is 2. The zero-order chi connectivity index (χ0) is 29.7. The van der Waals surface area contributed by atoms with Crippen molar-refractivity contribution in [2.75, 3.05) is 28.2 Å². The fraction of sp³-hybridized carbons (Fsp3) is 0.172. The number of aryl methyl sites for hydroxylation is 1. The lowest BCUT2D eigenvalue weighted by molar-refractivity contribution is -0.135. The first-order valence-corrected chi connectivity index (χ1v) is 12.3. The summed E-state index contributed by atoms with van der Waals surface area (Å²) < 4.78 is 11.9.